The van der Waals surface area contributed by atoms with Crippen LogP contribution in [0.4, 0.5) is 0 Å². The molecule has 0 aliphatic heterocycles. The van der Waals surface area contributed by atoms with Gasteiger partial charge in [-0.2, -0.15) is 0 Å². The van der Waals surface area contributed by atoms with Crippen molar-refractivity contribution in [1.82, 2.24) is 9.13 Å². The van der Waals surface area contributed by atoms with E-state index >= 15 is 0 Å². The van der Waals surface area contributed by atoms with E-state index in [4.69, 9.17) is 5.41 Å². The Morgan fingerprint density at radius 3 is 2.12 bits per heavy atom. The van der Waals surface area contributed by atoms with Gasteiger partial charge in [0.25, 0.3) is 0 Å². The number of hydrogen-bond acceptors (Lipinski definition) is 2. The molecule has 0 aliphatic carbocycles. The van der Waals surface area contributed by atoms with Gasteiger partial charge in [-0.3, -0.25) is 10.2 Å². The van der Waals surface area contributed by atoms with Gasteiger partial charge in [0.05, 0.1) is 12.2 Å². The van der Waals surface area contributed by atoms with E-state index in [1.165, 1.54) is 0 Å². The second-order valence-electron chi connectivity index (χ2n) is 5.46. The molecule has 1 heterocycles. The first-order valence-corrected chi connectivity index (χ1v) is 8.90. The fraction of sp³-hybridized carbons (Fsp3) is 0.111. The van der Waals surface area contributed by atoms with Crippen molar-refractivity contribution in [2.45, 2.75) is 6.54 Å². The number of hydrogen-bond donors (Lipinski definition) is 1. The number of carbonyl (C=O) groups excluding carboxylic acids is 1. The van der Waals surface area contributed by atoms with Crippen LogP contribution in [0.25, 0.3) is 11.3 Å². The van der Waals surface area contributed by atoms with E-state index in [0.29, 0.717) is 11.2 Å². The fourth-order valence-corrected chi connectivity index (χ4v) is 3.02. The molecule has 3 rings (SSSR count). The number of imidazole rings is 1. The van der Waals surface area contributed by atoms with E-state index in [1.807, 2.05) is 49.6 Å². The van der Waals surface area contributed by atoms with Crippen LogP contribution in [0.5, 0.6) is 0 Å². The molecule has 122 valence electrons. The summed E-state index contributed by atoms with van der Waals surface area (Å²) in [7, 11) is 1.83. The van der Waals surface area contributed by atoms with Gasteiger partial charge in [-0.05, 0) is 29.8 Å². The molecule has 6 heteroatoms. The summed E-state index contributed by atoms with van der Waals surface area (Å²) in [5.74, 6) is -0.0195. The number of halogens is 2. The maximum absolute atomic E-state index is 12.4. The van der Waals surface area contributed by atoms with Crippen molar-refractivity contribution in [3.63, 3.8) is 0 Å². The van der Waals surface area contributed by atoms with Crippen molar-refractivity contribution in [3.05, 3.63) is 74.9 Å². The van der Waals surface area contributed by atoms with Crippen molar-refractivity contribution in [2.24, 2.45) is 7.05 Å². The zero-order valence-electron chi connectivity index (χ0n) is 13.0. The summed E-state index contributed by atoms with van der Waals surface area (Å²) in [5.41, 5.74) is 2.83. The molecule has 1 N–H and O–H groups in total. The Balaban J connectivity index is 1.91. The summed E-state index contributed by atoms with van der Waals surface area (Å²) in [5, 5.41) is 8.25. The van der Waals surface area contributed by atoms with Crippen LogP contribution in [0.2, 0.25) is 0 Å². The monoisotopic (exact) mass is 447 g/mol. The molecule has 1 aromatic heterocycles. The van der Waals surface area contributed by atoms with E-state index in [-0.39, 0.29) is 12.3 Å². The number of aromatic nitrogens is 2. The summed E-state index contributed by atoms with van der Waals surface area (Å²) in [6.45, 7) is 0.144. The van der Waals surface area contributed by atoms with Gasteiger partial charge in [-0.25, -0.2) is 0 Å². The minimum absolute atomic E-state index is 0.0195. The molecule has 0 saturated heterocycles. The summed E-state index contributed by atoms with van der Waals surface area (Å²) in [4.78, 5) is 12.4. The zero-order valence-corrected chi connectivity index (χ0v) is 16.1. The molecule has 0 radical (unpaired) electrons. The normalized spacial score (nSPS) is 10.8. The molecular weight excluding hydrogens is 434 g/mol. The largest absolute Gasteiger partial charge is 0.314 e. The lowest BCUT2D eigenvalue weighted by atomic mass is 10.1. The lowest BCUT2D eigenvalue weighted by Crippen LogP contribution is -2.25. The predicted octanol–water partition coefficient (Wildman–Crippen LogP) is 4.38. The van der Waals surface area contributed by atoms with E-state index in [2.05, 4.69) is 31.9 Å². The molecule has 0 unspecified atom stereocenters. The lowest BCUT2D eigenvalue weighted by molar-refractivity contribution is 0.0970. The van der Waals surface area contributed by atoms with Gasteiger partial charge in [0, 0.05) is 27.8 Å². The Labute approximate surface area is 156 Å². The molecule has 2 aromatic carbocycles. The second kappa shape index (κ2) is 6.91. The number of carbonyl (C=O) groups is 1. The van der Waals surface area contributed by atoms with Crippen LogP contribution >= 0.6 is 31.9 Å². The topological polar surface area (TPSA) is 50.8 Å². The molecular formula is C18H15Br2N3O. The van der Waals surface area contributed by atoms with Crippen molar-refractivity contribution in [2.75, 3.05) is 0 Å². The van der Waals surface area contributed by atoms with Crippen LogP contribution in [-0.4, -0.2) is 14.9 Å². The minimum atomic E-state index is -0.0195. The highest BCUT2D eigenvalue weighted by atomic mass is 79.9. The highest BCUT2D eigenvalue weighted by Crippen LogP contribution is 2.20. The Kier molecular flexibility index (Phi) is 4.87. The first-order chi connectivity index (χ1) is 11.5. The van der Waals surface area contributed by atoms with Crippen molar-refractivity contribution in [3.8, 4) is 11.3 Å². The molecule has 0 aliphatic rings. The Morgan fingerprint density at radius 1 is 1.00 bits per heavy atom. The molecule has 24 heavy (non-hydrogen) atoms. The lowest BCUT2D eigenvalue weighted by Gasteiger charge is -2.02. The molecule has 4 nitrogen and oxygen atoms in total. The number of benzene rings is 2. The third-order valence-corrected chi connectivity index (χ3v) is 4.91. The number of ketones is 1. The summed E-state index contributed by atoms with van der Waals surface area (Å²) < 4.78 is 5.38. The van der Waals surface area contributed by atoms with Gasteiger partial charge >= 0.3 is 0 Å². The summed E-state index contributed by atoms with van der Waals surface area (Å²) >= 11 is 6.79. The summed E-state index contributed by atoms with van der Waals surface area (Å²) in [6, 6.07) is 15.2. The fourth-order valence-electron chi connectivity index (χ4n) is 2.49. The van der Waals surface area contributed by atoms with Crippen molar-refractivity contribution in [1.29, 1.82) is 5.41 Å². The highest BCUT2D eigenvalue weighted by molar-refractivity contribution is 9.10. The minimum Gasteiger partial charge on any atom is -0.314 e. The van der Waals surface area contributed by atoms with Crippen LogP contribution < -0.4 is 5.62 Å². The Bertz CT molecular complexity index is 938. The van der Waals surface area contributed by atoms with E-state index in [1.54, 1.807) is 21.3 Å². The van der Waals surface area contributed by atoms with Crippen LogP contribution in [0.3, 0.4) is 0 Å². The maximum atomic E-state index is 12.4. The molecule has 0 bridgehead atoms. The van der Waals surface area contributed by atoms with E-state index < -0.39 is 0 Å². The summed E-state index contributed by atoms with van der Waals surface area (Å²) in [6.07, 6.45) is 1.85. The maximum Gasteiger partial charge on any atom is 0.202 e. The number of Topliss-reactive ketones (excluding diaryl/α,β-unsaturated/α-hetero) is 1. The standard InChI is InChI=1S/C18H15Br2N3O/c1-22-16(12-2-6-14(19)7-3-12)10-23(18(22)21)11-17(24)13-4-8-15(20)9-5-13/h2-10,21H,11H2,1H3. The average Bonchev–Trinajstić information content (AvgIpc) is 2.85. The highest BCUT2D eigenvalue weighted by Gasteiger charge is 2.12. The van der Waals surface area contributed by atoms with Gasteiger partial charge in [0.2, 0.25) is 5.62 Å². The first-order valence-electron chi connectivity index (χ1n) is 7.31. The van der Waals surface area contributed by atoms with Crippen molar-refractivity contribution < 1.29 is 4.79 Å². The van der Waals surface area contributed by atoms with Gasteiger partial charge in [0.1, 0.15) is 0 Å². The quantitative estimate of drug-likeness (QED) is 0.591. The molecule has 3 aromatic rings. The average molecular weight is 449 g/mol. The van der Waals surface area contributed by atoms with Crippen LogP contribution in [0, 0.1) is 5.41 Å². The molecule has 0 saturated carbocycles. The SMILES string of the molecule is Cn1c(-c2ccc(Br)cc2)cn(CC(=O)c2ccc(Br)cc2)c1=N. The van der Waals surface area contributed by atoms with Crippen LogP contribution in [-0.2, 0) is 13.6 Å². The number of nitrogens with zero attached hydrogens (tertiary/aromatic N) is 2. The predicted molar refractivity (Wildman–Crippen MR) is 101 cm³/mol. The smallest absolute Gasteiger partial charge is 0.202 e. The van der Waals surface area contributed by atoms with Gasteiger partial charge in [-0.15, -0.1) is 0 Å². The second-order valence-corrected chi connectivity index (χ2v) is 7.29. The van der Waals surface area contributed by atoms with Crippen LogP contribution in [0.1, 0.15) is 10.4 Å². The Hall–Kier alpha value is -1.92. The molecule has 0 atom stereocenters. The molecule has 0 fully saturated rings. The Morgan fingerprint density at radius 2 is 1.54 bits per heavy atom. The molecule has 0 spiro atoms. The van der Waals surface area contributed by atoms with Gasteiger partial charge in [-0.1, -0.05) is 56.1 Å². The third-order valence-electron chi connectivity index (χ3n) is 3.85. The van der Waals surface area contributed by atoms with E-state index in [9.17, 15) is 4.79 Å². The van der Waals surface area contributed by atoms with Crippen LogP contribution in [0.15, 0.2) is 63.7 Å². The van der Waals surface area contributed by atoms with Crippen molar-refractivity contribution >= 4 is 37.6 Å². The van der Waals surface area contributed by atoms with Gasteiger partial charge in [0.15, 0.2) is 5.78 Å². The first kappa shape index (κ1) is 16.9. The molecule has 0 amide bonds. The van der Waals surface area contributed by atoms with Gasteiger partial charge < -0.3 is 9.13 Å². The van der Waals surface area contributed by atoms with E-state index in [0.717, 1.165) is 20.2 Å². The number of rotatable bonds is 4. The number of nitrogens with one attached hydrogen (secondary N) is 1. The third kappa shape index (κ3) is 3.44. The zero-order chi connectivity index (χ0) is 17.3.